The van der Waals surface area contributed by atoms with Gasteiger partial charge in [0.1, 0.15) is 18.0 Å². The van der Waals surface area contributed by atoms with Crippen LogP contribution in [0.5, 0.6) is 5.75 Å². The van der Waals surface area contributed by atoms with E-state index < -0.39 is 12.2 Å². The molecule has 4 aromatic rings. The summed E-state index contributed by atoms with van der Waals surface area (Å²) in [7, 11) is 1.93. The first-order chi connectivity index (χ1) is 28.2. The van der Waals surface area contributed by atoms with Crippen molar-refractivity contribution in [2.75, 3.05) is 59.0 Å². The second-order valence-corrected chi connectivity index (χ2v) is 15.9. The van der Waals surface area contributed by atoms with Gasteiger partial charge in [-0.15, -0.1) is 6.58 Å². The molecule has 1 N–H and O–H groups in total. The number of ether oxygens (including phenoxy) is 1. The van der Waals surface area contributed by atoms with Gasteiger partial charge in [0.2, 0.25) is 17.7 Å². The van der Waals surface area contributed by atoms with Crippen LogP contribution in [0.3, 0.4) is 0 Å². The predicted octanol–water partition coefficient (Wildman–Crippen LogP) is 3.81. The zero-order chi connectivity index (χ0) is 40.3. The number of hydrogen-bond acceptors (Lipinski definition) is 8. The van der Waals surface area contributed by atoms with Gasteiger partial charge in [-0.1, -0.05) is 66.7 Å². The number of hydrogen-bond donors (Lipinski definition) is 1. The van der Waals surface area contributed by atoms with Gasteiger partial charge in [-0.2, -0.15) is 0 Å². The Balaban J connectivity index is 1.08. The first kappa shape index (κ1) is 39.3. The molecule has 0 saturated carbocycles. The number of para-hydroxylation sites is 1. The SMILES string of the molecule is C=CCN1CC(=O)N2[C@@H](Cc3ccc(O)cc3)C(=O)N(Cc3cccc4c(C(=O)N5CCC(N6CCOCC6)CC5)cn(C)c34)C[C@@H]2N1C(=O)CCc1ccccc1. The molecule has 1 aromatic heterocycles. The summed E-state index contributed by atoms with van der Waals surface area (Å²) in [6.07, 6.45) is 5.65. The fourth-order valence-electron chi connectivity index (χ4n) is 9.37. The maximum Gasteiger partial charge on any atom is 0.256 e. The molecule has 4 amide bonds. The number of likely N-dealkylation sites (tertiary alicyclic amines) is 1. The van der Waals surface area contributed by atoms with Crippen molar-refractivity contribution in [3.8, 4) is 5.75 Å². The Hall–Kier alpha value is -5.50. The number of fused-ring (bicyclic) bond motifs is 2. The zero-order valence-electron chi connectivity index (χ0n) is 33.2. The minimum Gasteiger partial charge on any atom is -0.508 e. The quantitative estimate of drug-likeness (QED) is 0.228. The first-order valence-electron chi connectivity index (χ1n) is 20.5. The van der Waals surface area contributed by atoms with Crippen molar-refractivity contribution >= 4 is 34.5 Å². The highest BCUT2D eigenvalue weighted by molar-refractivity contribution is 6.07. The van der Waals surface area contributed by atoms with E-state index in [1.807, 2.05) is 71.2 Å². The van der Waals surface area contributed by atoms with E-state index in [-0.39, 0.29) is 68.4 Å². The highest BCUT2D eigenvalue weighted by Gasteiger charge is 2.51. The number of aryl methyl sites for hydroxylation is 2. The predicted molar refractivity (Wildman–Crippen MR) is 219 cm³/mol. The van der Waals surface area contributed by atoms with Gasteiger partial charge in [-0.25, -0.2) is 10.0 Å². The van der Waals surface area contributed by atoms with Crippen molar-refractivity contribution < 1.29 is 29.0 Å². The molecule has 4 fully saturated rings. The lowest BCUT2D eigenvalue weighted by Crippen LogP contribution is -2.75. The first-order valence-corrected chi connectivity index (χ1v) is 20.5. The number of carbonyl (C=O) groups excluding carboxylic acids is 4. The van der Waals surface area contributed by atoms with Crippen LogP contribution in [0.1, 0.15) is 46.3 Å². The van der Waals surface area contributed by atoms with Gasteiger partial charge < -0.3 is 29.1 Å². The number of hydrazine groups is 1. The minimum absolute atomic E-state index is 0.00881. The van der Waals surface area contributed by atoms with Crippen molar-refractivity contribution in [1.29, 1.82) is 0 Å². The molecular weight excluding hydrogens is 735 g/mol. The molecule has 8 rings (SSSR count). The van der Waals surface area contributed by atoms with E-state index in [9.17, 15) is 24.3 Å². The molecule has 0 unspecified atom stereocenters. The number of carbonyl (C=O) groups is 4. The smallest absolute Gasteiger partial charge is 0.256 e. The average molecular weight is 788 g/mol. The number of aromatic hydroxyl groups is 1. The van der Waals surface area contributed by atoms with E-state index in [0.29, 0.717) is 31.1 Å². The number of phenols is 1. The van der Waals surface area contributed by atoms with Crippen LogP contribution in [0.15, 0.2) is 91.6 Å². The number of benzene rings is 3. The highest BCUT2D eigenvalue weighted by atomic mass is 16.5. The van der Waals surface area contributed by atoms with Gasteiger partial charge in [0.25, 0.3) is 5.91 Å². The second kappa shape index (κ2) is 17.2. The van der Waals surface area contributed by atoms with Crippen molar-refractivity contribution in [2.24, 2.45) is 7.05 Å². The lowest BCUT2D eigenvalue weighted by atomic mass is 9.97. The lowest BCUT2D eigenvalue weighted by molar-refractivity contribution is -0.205. The number of amides is 4. The Kier molecular flexibility index (Phi) is 11.6. The molecule has 13 heteroatoms. The number of morpholine rings is 1. The molecule has 0 bridgehead atoms. The van der Waals surface area contributed by atoms with Crippen LogP contribution >= 0.6 is 0 Å². The molecule has 3 aromatic carbocycles. The van der Waals surface area contributed by atoms with E-state index in [2.05, 4.69) is 11.5 Å². The fraction of sp³-hybridized carbons (Fsp3) is 0.422. The van der Waals surface area contributed by atoms with Crippen molar-refractivity contribution in [3.63, 3.8) is 0 Å². The monoisotopic (exact) mass is 787 g/mol. The molecule has 13 nitrogen and oxygen atoms in total. The number of piperazine rings is 1. The van der Waals surface area contributed by atoms with Crippen molar-refractivity contribution in [1.82, 2.24) is 34.2 Å². The molecule has 0 aliphatic carbocycles. The third kappa shape index (κ3) is 7.98. The number of rotatable bonds is 11. The third-order valence-corrected chi connectivity index (χ3v) is 12.3. The standard InChI is InChI=1S/C45H53N7O6/c1-3-20-50-31-42(55)51-39(27-33-12-15-36(53)16-13-33)45(57)49(30-40(51)52(50)41(54)17-14-32-8-5-4-6-9-32)28-34-10-7-11-37-38(29-46(2)43(34)37)44(56)48-21-18-35(19-22-48)47-23-25-58-26-24-47/h3-13,15-16,29,35,39-40,53H,1,14,17-28,30-31H2,2H3/t39-,40-/m0/s1. The van der Waals surface area contributed by atoms with E-state index in [1.165, 1.54) is 0 Å². The Labute approximate surface area is 339 Å². The van der Waals surface area contributed by atoms with Crippen molar-refractivity contribution in [3.05, 3.63) is 114 Å². The average Bonchev–Trinajstić information content (AvgIpc) is 3.59. The minimum atomic E-state index is -0.892. The van der Waals surface area contributed by atoms with Gasteiger partial charge in [-0.3, -0.25) is 24.1 Å². The Morgan fingerprint density at radius 1 is 0.914 bits per heavy atom. The maximum absolute atomic E-state index is 14.7. The Morgan fingerprint density at radius 2 is 1.66 bits per heavy atom. The van der Waals surface area contributed by atoms with Gasteiger partial charge in [0, 0.05) is 76.8 Å². The molecular formula is C45H53N7O6. The van der Waals surface area contributed by atoms with Crippen LogP contribution in [0.4, 0.5) is 0 Å². The number of phenolic OH excluding ortho intramolecular Hbond substituents is 1. The molecule has 58 heavy (non-hydrogen) atoms. The molecule has 2 atom stereocenters. The number of aromatic nitrogens is 1. The van der Waals surface area contributed by atoms with Gasteiger partial charge in [0.15, 0.2) is 0 Å². The second-order valence-electron chi connectivity index (χ2n) is 15.9. The molecule has 304 valence electrons. The van der Waals surface area contributed by atoms with Crippen LogP contribution in [-0.2, 0) is 45.6 Å². The van der Waals surface area contributed by atoms with Gasteiger partial charge in [-0.05, 0) is 48.1 Å². The molecule has 0 spiro atoms. The summed E-state index contributed by atoms with van der Waals surface area (Å²) < 4.78 is 7.53. The summed E-state index contributed by atoms with van der Waals surface area (Å²) >= 11 is 0. The third-order valence-electron chi connectivity index (χ3n) is 12.3. The summed E-state index contributed by atoms with van der Waals surface area (Å²) in [4.78, 5) is 65.1. The molecule has 4 aliphatic heterocycles. The van der Waals surface area contributed by atoms with Crippen LogP contribution in [0.25, 0.3) is 10.9 Å². The molecule has 5 heterocycles. The number of piperidine rings is 1. The van der Waals surface area contributed by atoms with E-state index >= 15 is 0 Å². The van der Waals surface area contributed by atoms with E-state index in [0.717, 1.165) is 66.7 Å². The van der Waals surface area contributed by atoms with E-state index in [4.69, 9.17) is 4.74 Å². The summed E-state index contributed by atoms with van der Waals surface area (Å²) in [5, 5.41) is 14.3. The summed E-state index contributed by atoms with van der Waals surface area (Å²) in [6.45, 7) is 9.23. The largest absolute Gasteiger partial charge is 0.508 e. The topological polar surface area (TPSA) is 122 Å². The van der Waals surface area contributed by atoms with E-state index in [1.54, 1.807) is 50.2 Å². The zero-order valence-corrected chi connectivity index (χ0v) is 33.2. The Bertz CT molecular complexity index is 2140. The van der Waals surface area contributed by atoms with Crippen LogP contribution in [0, 0.1) is 0 Å². The van der Waals surface area contributed by atoms with Crippen LogP contribution in [-0.4, -0.2) is 140 Å². The summed E-state index contributed by atoms with van der Waals surface area (Å²) in [5.74, 6) is -0.495. The van der Waals surface area contributed by atoms with Gasteiger partial charge >= 0.3 is 0 Å². The highest BCUT2D eigenvalue weighted by Crippen LogP contribution is 2.33. The van der Waals surface area contributed by atoms with Crippen LogP contribution < -0.4 is 0 Å². The number of nitrogens with zero attached hydrogens (tertiary/aromatic N) is 7. The normalized spacial score (nSPS) is 21.1. The molecule has 4 aliphatic rings. The van der Waals surface area contributed by atoms with Gasteiger partial charge in [0.05, 0.1) is 37.4 Å². The Morgan fingerprint density at radius 3 is 2.38 bits per heavy atom. The lowest BCUT2D eigenvalue weighted by Gasteiger charge is -2.55. The molecule has 0 radical (unpaired) electrons. The molecule has 4 saturated heterocycles. The summed E-state index contributed by atoms with van der Waals surface area (Å²) in [5.41, 5.74) is 4.18. The van der Waals surface area contributed by atoms with Crippen LogP contribution in [0.2, 0.25) is 0 Å². The maximum atomic E-state index is 14.7. The summed E-state index contributed by atoms with van der Waals surface area (Å²) in [6, 6.07) is 21.9. The fourth-order valence-corrected chi connectivity index (χ4v) is 9.37. The van der Waals surface area contributed by atoms with Crippen molar-refractivity contribution in [2.45, 2.75) is 56.9 Å².